The highest BCUT2D eigenvalue weighted by atomic mass is 79.9. The predicted molar refractivity (Wildman–Crippen MR) is 124 cm³/mol. The molecular weight excluding hydrogens is 516 g/mol. The van der Waals surface area contributed by atoms with E-state index < -0.39 is 11.2 Å². The molecule has 0 aliphatic heterocycles. The summed E-state index contributed by atoms with van der Waals surface area (Å²) >= 11 is 6.86. The van der Waals surface area contributed by atoms with Crippen molar-refractivity contribution in [2.45, 2.75) is 6.54 Å². The number of hydrazone groups is 1. The number of hydrogen-bond donors (Lipinski definition) is 2. The van der Waals surface area contributed by atoms with Crippen molar-refractivity contribution >= 4 is 55.2 Å². The van der Waals surface area contributed by atoms with Crippen molar-refractivity contribution in [2.24, 2.45) is 12.1 Å². The number of imidazole rings is 1. The summed E-state index contributed by atoms with van der Waals surface area (Å²) < 4.78 is 4.91. The lowest BCUT2D eigenvalue weighted by Crippen LogP contribution is -2.29. The van der Waals surface area contributed by atoms with Crippen molar-refractivity contribution in [3.8, 4) is 0 Å². The van der Waals surface area contributed by atoms with Gasteiger partial charge in [-0.05, 0) is 35.4 Å². The fourth-order valence-electron chi connectivity index (χ4n) is 3.01. The molecule has 0 atom stereocenters. The van der Waals surface area contributed by atoms with Crippen LogP contribution in [0.2, 0.25) is 0 Å². The second-order valence-electron chi connectivity index (χ2n) is 6.56. The highest BCUT2D eigenvalue weighted by Crippen LogP contribution is 2.19. The van der Waals surface area contributed by atoms with E-state index in [0.717, 1.165) is 20.1 Å². The topological polar surface area (TPSA) is 97.1 Å². The van der Waals surface area contributed by atoms with Crippen molar-refractivity contribution in [2.75, 3.05) is 5.43 Å². The first-order chi connectivity index (χ1) is 14.4. The number of rotatable bonds is 5. The van der Waals surface area contributed by atoms with E-state index in [2.05, 4.69) is 52.4 Å². The molecule has 2 N–H and O–H groups in total. The molecule has 0 aliphatic rings. The molecule has 0 unspecified atom stereocenters. The summed E-state index contributed by atoms with van der Waals surface area (Å²) in [7, 11) is 1.56. The molecule has 10 heteroatoms. The number of aryl methyl sites for hydroxylation is 1. The van der Waals surface area contributed by atoms with E-state index in [-0.39, 0.29) is 5.65 Å². The van der Waals surface area contributed by atoms with Crippen LogP contribution in [-0.4, -0.2) is 25.3 Å². The standard InChI is InChI=1S/C20H16Br2N6O2/c1-27-17-16(18(29)25-20(27)30)28(11-13-3-2-4-15(22)9-13)19(24-17)26-23-10-12-5-7-14(21)8-6-12/h2-10H,11H2,1H3,(H,24,26)(H,25,29,30)/b23-10+. The maximum Gasteiger partial charge on any atom is 0.329 e. The van der Waals surface area contributed by atoms with Crippen LogP contribution in [0, 0.1) is 0 Å². The predicted octanol–water partition coefficient (Wildman–Crippen LogP) is 3.44. The lowest BCUT2D eigenvalue weighted by Gasteiger charge is -2.08. The Morgan fingerprint density at radius 2 is 1.90 bits per heavy atom. The quantitative estimate of drug-likeness (QED) is 0.304. The third-order valence-corrected chi connectivity index (χ3v) is 5.51. The maximum atomic E-state index is 12.6. The fraction of sp³-hybridized carbons (Fsp3) is 0.100. The number of benzene rings is 2. The van der Waals surface area contributed by atoms with E-state index in [1.165, 1.54) is 4.57 Å². The van der Waals surface area contributed by atoms with E-state index in [9.17, 15) is 9.59 Å². The summed E-state index contributed by atoms with van der Waals surface area (Å²) in [4.78, 5) is 31.4. The molecule has 30 heavy (non-hydrogen) atoms. The third-order valence-electron chi connectivity index (χ3n) is 4.48. The van der Waals surface area contributed by atoms with Gasteiger partial charge in [-0.25, -0.2) is 10.2 Å². The summed E-state index contributed by atoms with van der Waals surface area (Å²) in [6.45, 7) is 0.368. The molecular formula is C20H16Br2N6O2. The molecule has 2 aromatic heterocycles. The largest absolute Gasteiger partial charge is 0.329 e. The van der Waals surface area contributed by atoms with Gasteiger partial charge in [0.2, 0.25) is 5.95 Å². The summed E-state index contributed by atoms with van der Waals surface area (Å²) in [5.74, 6) is 0.352. The minimum atomic E-state index is -0.524. The Balaban J connectivity index is 1.78. The van der Waals surface area contributed by atoms with Gasteiger partial charge in [0, 0.05) is 16.0 Å². The molecule has 8 nitrogen and oxygen atoms in total. The van der Waals surface area contributed by atoms with Crippen LogP contribution in [0.5, 0.6) is 0 Å². The van der Waals surface area contributed by atoms with Gasteiger partial charge in [-0.15, -0.1) is 0 Å². The Bertz CT molecular complexity index is 1370. The molecule has 4 aromatic rings. The molecule has 152 valence electrons. The van der Waals surface area contributed by atoms with Crippen LogP contribution in [-0.2, 0) is 13.6 Å². The second kappa shape index (κ2) is 8.41. The van der Waals surface area contributed by atoms with Crippen LogP contribution >= 0.6 is 31.9 Å². The highest BCUT2D eigenvalue weighted by molar-refractivity contribution is 9.10. The smallest absolute Gasteiger partial charge is 0.298 e. The van der Waals surface area contributed by atoms with Crippen LogP contribution < -0.4 is 16.7 Å². The average Bonchev–Trinajstić information content (AvgIpc) is 3.07. The highest BCUT2D eigenvalue weighted by Gasteiger charge is 2.17. The van der Waals surface area contributed by atoms with E-state index in [4.69, 9.17) is 0 Å². The number of fused-ring (bicyclic) bond motifs is 1. The molecule has 0 spiro atoms. The summed E-state index contributed by atoms with van der Waals surface area (Å²) in [5.41, 5.74) is 4.30. The lowest BCUT2D eigenvalue weighted by atomic mass is 10.2. The van der Waals surface area contributed by atoms with Gasteiger partial charge in [-0.3, -0.25) is 18.9 Å². The Morgan fingerprint density at radius 1 is 1.13 bits per heavy atom. The minimum absolute atomic E-state index is 0.278. The number of anilines is 1. The van der Waals surface area contributed by atoms with Gasteiger partial charge in [-0.1, -0.05) is 56.1 Å². The summed E-state index contributed by atoms with van der Waals surface area (Å²) in [6, 6.07) is 15.4. The molecule has 0 saturated carbocycles. The molecule has 2 aromatic carbocycles. The van der Waals surface area contributed by atoms with Crippen molar-refractivity contribution in [1.29, 1.82) is 0 Å². The Labute approximate surface area is 187 Å². The number of halogens is 2. The fourth-order valence-corrected chi connectivity index (χ4v) is 3.72. The Kier molecular flexibility index (Phi) is 5.69. The van der Waals surface area contributed by atoms with Crippen LogP contribution in [0.1, 0.15) is 11.1 Å². The monoisotopic (exact) mass is 530 g/mol. The zero-order valence-electron chi connectivity index (χ0n) is 15.8. The van der Waals surface area contributed by atoms with Crippen LogP contribution in [0.4, 0.5) is 5.95 Å². The summed E-state index contributed by atoms with van der Waals surface area (Å²) in [5, 5.41) is 4.26. The van der Waals surface area contributed by atoms with Gasteiger partial charge in [0.05, 0.1) is 12.8 Å². The van der Waals surface area contributed by atoms with Crippen LogP contribution in [0.25, 0.3) is 11.2 Å². The molecule has 0 radical (unpaired) electrons. The van der Waals surface area contributed by atoms with Crippen molar-refractivity contribution in [1.82, 2.24) is 19.1 Å². The van der Waals surface area contributed by atoms with Gasteiger partial charge >= 0.3 is 5.69 Å². The van der Waals surface area contributed by atoms with Gasteiger partial charge in [0.1, 0.15) is 0 Å². The third kappa shape index (κ3) is 4.14. The normalized spacial score (nSPS) is 11.4. The molecule has 0 amide bonds. The number of nitrogens with one attached hydrogen (secondary N) is 2. The maximum absolute atomic E-state index is 12.6. The Morgan fingerprint density at radius 3 is 2.63 bits per heavy atom. The first kappa shape index (κ1) is 20.3. The van der Waals surface area contributed by atoms with Gasteiger partial charge in [-0.2, -0.15) is 10.1 Å². The molecule has 0 saturated heterocycles. The van der Waals surface area contributed by atoms with Crippen LogP contribution in [0.3, 0.4) is 0 Å². The van der Waals surface area contributed by atoms with E-state index >= 15 is 0 Å². The summed E-state index contributed by atoms with van der Waals surface area (Å²) in [6.07, 6.45) is 1.65. The van der Waals surface area contributed by atoms with E-state index in [1.54, 1.807) is 17.8 Å². The zero-order chi connectivity index (χ0) is 21.3. The van der Waals surface area contributed by atoms with Crippen LogP contribution in [0.15, 0.2) is 72.2 Å². The number of hydrogen-bond acceptors (Lipinski definition) is 5. The number of aromatic amines is 1. The van der Waals surface area contributed by atoms with Crippen molar-refractivity contribution in [3.05, 3.63) is 89.4 Å². The lowest BCUT2D eigenvalue weighted by molar-refractivity contribution is 0.808. The molecule has 0 bridgehead atoms. The molecule has 2 heterocycles. The van der Waals surface area contributed by atoms with Gasteiger partial charge in [0.25, 0.3) is 5.56 Å². The van der Waals surface area contributed by atoms with Crippen molar-refractivity contribution < 1.29 is 0 Å². The average molecular weight is 532 g/mol. The van der Waals surface area contributed by atoms with E-state index in [0.29, 0.717) is 18.0 Å². The number of aromatic nitrogens is 4. The van der Waals surface area contributed by atoms with Gasteiger partial charge in [0.15, 0.2) is 11.2 Å². The zero-order valence-corrected chi connectivity index (χ0v) is 18.9. The SMILES string of the molecule is Cn1c(=O)[nH]c(=O)c2c1nc(N/N=C/c1ccc(Br)cc1)n2Cc1cccc(Br)c1. The number of nitrogens with zero attached hydrogens (tertiary/aromatic N) is 4. The minimum Gasteiger partial charge on any atom is -0.298 e. The van der Waals surface area contributed by atoms with Gasteiger partial charge < -0.3 is 0 Å². The second-order valence-corrected chi connectivity index (χ2v) is 8.39. The first-order valence-electron chi connectivity index (χ1n) is 8.91. The van der Waals surface area contributed by atoms with Crippen molar-refractivity contribution in [3.63, 3.8) is 0 Å². The molecule has 4 rings (SSSR count). The molecule has 0 aliphatic carbocycles. The first-order valence-corrected chi connectivity index (χ1v) is 10.5. The number of H-pyrrole nitrogens is 1. The Hall–Kier alpha value is -2.98. The van der Waals surface area contributed by atoms with E-state index in [1.807, 2.05) is 48.5 Å². The molecule has 0 fully saturated rings.